The first-order valence-corrected chi connectivity index (χ1v) is 10.4. The highest BCUT2D eigenvalue weighted by atomic mass is 35.5. The standard InChI is InChI=1S/C19H19Cl2N5O2S/c1-11(2)28-16-5-3-4-12(6-16)18-24-25-19(26(18)22)29-10-17(27)23-15-8-13(20)7-14(21)9-15/h3-9,11H,10,22H2,1-2H3,(H,23,27). The molecule has 10 heteroatoms. The molecule has 3 aromatic rings. The molecule has 0 aliphatic heterocycles. The molecular formula is C19H19Cl2N5O2S. The summed E-state index contributed by atoms with van der Waals surface area (Å²) in [6, 6.07) is 12.3. The molecule has 152 valence electrons. The second kappa shape index (κ2) is 9.39. The van der Waals surface area contributed by atoms with Crippen molar-refractivity contribution in [3.05, 3.63) is 52.5 Å². The number of nitrogens with two attached hydrogens (primary N) is 1. The van der Waals surface area contributed by atoms with Gasteiger partial charge < -0.3 is 15.9 Å². The molecule has 0 unspecified atom stereocenters. The molecule has 0 aliphatic rings. The average molecular weight is 452 g/mol. The molecule has 1 heterocycles. The normalized spacial score (nSPS) is 10.9. The van der Waals surface area contributed by atoms with E-state index in [1.807, 2.05) is 38.1 Å². The second-order valence-corrected chi connectivity index (χ2v) is 8.18. The van der Waals surface area contributed by atoms with Crippen molar-refractivity contribution in [2.45, 2.75) is 25.1 Å². The van der Waals surface area contributed by atoms with E-state index in [1.165, 1.54) is 16.4 Å². The monoisotopic (exact) mass is 451 g/mol. The number of hydrogen-bond donors (Lipinski definition) is 2. The third kappa shape index (κ3) is 5.79. The summed E-state index contributed by atoms with van der Waals surface area (Å²) in [4.78, 5) is 12.2. The van der Waals surface area contributed by atoms with Gasteiger partial charge >= 0.3 is 0 Å². The Hall–Kier alpha value is -2.42. The molecule has 0 bridgehead atoms. The molecule has 7 nitrogen and oxygen atoms in total. The maximum atomic E-state index is 12.2. The molecule has 0 saturated carbocycles. The lowest BCUT2D eigenvalue weighted by Gasteiger charge is -2.10. The minimum absolute atomic E-state index is 0.0556. The van der Waals surface area contributed by atoms with Crippen LogP contribution in [0.4, 0.5) is 5.69 Å². The van der Waals surface area contributed by atoms with E-state index in [1.54, 1.807) is 18.2 Å². The number of hydrogen-bond acceptors (Lipinski definition) is 6. The van der Waals surface area contributed by atoms with Crippen molar-refractivity contribution in [3.63, 3.8) is 0 Å². The number of nitrogens with one attached hydrogen (secondary N) is 1. The molecular weight excluding hydrogens is 433 g/mol. The van der Waals surface area contributed by atoms with E-state index >= 15 is 0 Å². The SMILES string of the molecule is CC(C)Oc1cccc(-c2nnc(SCC(=O)Nc3cc(Cl)cc(Cl)c3)n2N)c1. The van der Waals surface area contributed by atoms with Crippen LogP contribution in [0.15, 0.2) is 47.6 Å². The van der Waals surface area contributed by atoms with Gasteiger partial charge in [-0.1, -0.05) is 47.1 Å². The van der Waals surface area contributed by atoms with Crippen molar-refractivity contribution >= 4 is 46.6 Å². The number of thioether (sulfide) groups is 1. The van der Waals surface area contributed by atoms with E-state index in [0.29, 0.717) is 32.5 Å². The minimum atomic E-state index is -0.245. The van der Waals surface area contributed by atoms with Gasteiger partial charge in [0.05, 0.1) is 11.9 Å². The number of carbonyl (C=O) groups is 1. The summed E-state index contributed by atoms with van der Waals surface area (Å²) in [5.74, 6) is 7.17. The fraction of sp³-hybridized carbons (Fsp3) is 0.211. The number of carbonyl (C=O) groups excluding carboxylic acids is 1. The molecule has 1 amide bonds. The topological polar surface area (TPSA) is 95.1 Å². The predicted molar refractivity (Wildman–Crippen MR) is 117 cm³/mol. The number of benzene rings is 2. The molecule has 0 spiro atoms. The van der Waals surface area contributed by atoms with Gasteiger partial charge in [0.2, 0.25) is 11.1 Å². The lowest BCUT2D eigenvalue weighted by molar-refractivity contribution is -0.113. The maximum absolute atomic E-state index is 12.2. The third-order valence-corrected chi connectivity index (χ3v) is 4.99. The maximum Gasteiger partial charge on any atom is 0.234 e. The van der Waals surface area contributed by atoms with Crippen LogP contribution in [0.25, 0.3) is 11.4 Å². The van der Waals surface area contributed by atoms with Gasteiger partial charge in [-0.3, -0.25) is 4.79 Å². The van der Waals surface area contributed by atoms with Crippen LogP contribution < -0.4 is 15.9 Å². The zero-order valence-electron chi connectivity index (χ0n) is 15.7. The molecule has 1 aromatic heterocycles. The third-order valence-electron chi connectivity index (χ3n) is 3.61. The Morgan fingerprint density at radius 2 is 1.93 bits per heavy atom. The lowest BCUT2D eigenvalue weighted by atomic mass is 10.2. The first-order chi connectivity index (χ1) is 13.8. The van der Waals surface area contributed by atoms with Gasteiger partial charge in [-0.15, -0.1) is 10.2 Å². The van der Waals surface area contributed by atoms with E-state index in [9.17, 15) is 4.79 Å². The van der Waals surface area contributed by atoms with Gasteiger partial charge in [0, 0.05) is 21.3 Å². The highest BCUT2D eigenvalue weighted by Crippen LogP contribution is 2.26. The molecule has 3 N–H and O–H groups in total. The summed E-state index contributed by atoms with van der Waals surface area (Å²) in [5.41, 5.74) is 1.29. The van der Waals surface area contributed by atoms with Gasteiger partial charge in [0.25, 0.3) is 0 Å². The minimum Gasteiger partial charge on any atom is -0.491 e. The first-order valence-electron chi connectivity index (χ1n) is 8.68. The van der Waals surface area contributed by atoms with Gasteiger partial charge in [-0.2, -0.15) is 0 Å². The van der Waals surface area contributed by atoms with E-state index in [4.69, 9.17) is 33.8 Å². The summed E-state index contributed by atoms with van der Waals surface area (Å²) >= 11 is 13.0. The Kier molecular flexibility index (Phi) is 6.89. The molecule has 2 aromatic carbocycles. The molecule has 29 heavy (non-hydrogen) atoms. The zero-order chi connectivity index (χ0) is 21.0. The van der Waals surface area contributed by atoms with Crippen molar-refractivity contribution < 1.29 is 9.53 Å². The van der Waals surface area contributed by atoms with E-state index in [0.717, 1.165) is 5.56 Å². The van der Waals surface area contributed by atoms with Crippen LogP contribution in [0.1, 0.15) is 13.8 Å². The van der Waals surface area contributed by atoms with Crippen LogP contribution in [-0.4, -0.2) is 32.6 Å². The molecule has 0 fully saturated rings. The largest absolute Gasteiger partial charge is 0.491 e. The highest BCUT2D eigenvalue weighted by molar-refractivity contribution is 7.99. The van der Waals surface area contributed by atoms with E-state index in [2.05, 4.69) is 15.5 Å². The van der Waals surface area contributed by atoms with E-state index in [-0.39, 0.29) is 17.8 Å². The molecule has 0 radical (unpaired) electrons. The van der Waals surface area contributed by atoms with Crippen molar-refractivity contribution in [3.8, 4) is 17.1 Å². The average Bonchev–Trinajstić information content (AvgIpc) is 2.99. The number of nitrogens with zero attached hydrogens (tertiary/aromatic N) is 3. The fourth-order valence-electron chi connectivity index (χ4n) is 2.51. The van der Waals surface area contributed by atoms with Crippen LogP contribution in [-0.2, 0) is 4.79 Å². The summed E-state index contributed by atoms with van der Waals surface area (Å²) < 4.78 is 7.05. The van der Waals surface area contributed by atoms with Crippen molar-refractivity contribution in [1.82, 2.24) is 14.9 Å². The molecule has 0 saturated heterocycles. The Bertz CT molecular complexity index is 1010. The number of anilines is 1. The van der Waals surface area contributed by atoms with Crippen molar-refractivity contribution in [2.24, 2.45) is 0 Å². The van der Waals surface area contributed by atoms with Gasteiger partial charge in [-0.05, 0) is 44.2 Å². The Balaban J connectivity index is 1.66. The highest BCUT2D eigenvalue weighted by Gasteiger charge is 2.15. The quantitative estimate of drug-likeness (QED) is 0.405. The van der Waals surface area contributed by atoms with Crippen molar-refractivity contribution in [1.29, 1.82) is 0 Å². The first kappa shape index (κ1) is 21.3. The van der Waals surface area contributed by atoms with Crippen LogP contribution in [0.3, 0.4) is 0 Å². The van der Waals surface area contributed by atoms with Gasteiger partial charge in [0.1, 0.15) is 5.75 Å². The Morgan fingerprint density at radius 3 is 2.62 bits per heavy atom. The van der Waals surface area contributed by atoms with Crippen LogP contribution in [0.5, 0.6) is 5.75 Å². The zero-order valence-corrected chi connectivity index (χ0v) is 18.1. The second-order valence-electron chi connectivity index (χ2n) is 6.37. The smallest absolute Gasteiger partial charge is 0.234 e. The fourth-order valence-corrected chi connectivity index (χ4v) is 3.69. The number of aromatic nitrogens is 3. The van der Waals surface area contributed by atoms with Crippen molar-refractivity contribution in [2.75, 3.05) is 16.9 Å². The van der Waals surface area contributed by atoms with Crippen LogP contribution in [0, 0.1) is 0 Å². The number of ether oxygens (including phenoxy) is 1. The summed E-state index contributed by atoms with van der Waals surface area (Å²) in [7, 11) is 0. The van der Waals surface area contributed by atoms with Gasteiger partial charge in [0.15, 0.2) is 5.82 Å². The summed E-state index contributed by atoms with van der Waals surface area (Å²) in [6.07, 6.45) is 0.0556. The van der Waals surface area contributed by atoms with Crippen LogP contribution >= 0.6 is 35.0 Å². The van der Waals surface area contributed by atoms with E-state index < -0.39 is 0 Å². The number of rotatable bonds is 7. The number of nitrogen functional groups attached to an aromatic ring is 1. The predicted octanol–water partition coefficient (Wildman–Crippen LogP) is 4.48. The van der Waals surface area contributed by atoms with Crippen LogP contribution in [0.2, 0.25) is 10.0 Å². The molecule has 3 rings (SSSR count). The summed E-state index contributed by atoms with van der Waals surface area (Å²) in [6.45, 7) is 3.91. The molecule has 0 aliphatic carbocycles. The number of amides is 1. The Morgan fingerprint density at radius 1 is 1.21 bits per heavy atom. The number of halogens is 2. The Labute approximate surface area is 182 Å². The lowest BCUT2D eigenvalue weighted by Crippen LogP contribution is -2.16. The van der Waals surface area contributed by atoms with Gasteiger partial charge in [-0.25, -0.2) is 4.68 Å². The summed E-state index contributed by atoms with van der Waals surface area (Å²) in [5, 5.41) is 12.2. The molecule has 0 atom stereocenters.